The molecule has 1 aliphatic heterocycles. The molecule has 154 valence electrons. The van der Waals surface area contributed by atoms with Gasteiger partial charge in [0.15, 0.2) is 0 Å². The third kappa shape index (κ3) is 5.67. The fourth-order valence-corrected chi connectivity index (χ4v) is 2.97. The average Bonchev–Trinajstić information content (AvgIpc) is 2.70. The molecular weight excluding hydrogens is 362 g/mol. The van der Waals surface area contributed by atoms with Crippen LogP contribution < -0.4 is 14.2 Å². The van der Waals surface area contributed by atoms with Crippen LogP contribution in [-0.4, -0.2) is 81.8 Å². The van der Waals surface area contributed by atoms with Crippen molar-refractivity contribution in [2.24, 2.45) is 0 Å². The zero-order valence-corrected chi connectivity index (χ0v) is 16.8. The number of benzene rings is 1. The van der Waals surface area contributed by atoms with E-state index in [1.807, 2.05) is 26.2 Å². The molecule has 0 amide bonds. The number of likely N-dealkylation sites (N-methyl/N-ethyl adjacent to an activating group) is 1. The molecule has 3 rings (SSSR count). The SMILES string of the molecule is COc1ncnc2cc(OCCOCCN(C)C)cc(OC3CCOCC3)c12. The van der Waals surface area contributed by atoms with Gasteiger partial charge in [0.2, 0.25) is 5.88 Å². The lowest BCUT2D eigenvalue weighted by Crippen LogP contribution is -2.26. The van der Waals surface area contributed by atoms with Crippen molar-refractivity contribution in [2.45, 2.75) is 18.9 Å². The number of methoxy groups -OCH3 is 1. The third-order valence-corrected chi connectivity index (χ3v) is 4.48. The van der Waals surface area contributed by atoms with Crippen LogP contribution in [0.25, 0.3) is 10.9 Å². The zero-order chi connectivity index (χ0) is 19.8. The Labute approximate surface area is 165 Å². The molecule has 1 fully saturated rings. The Kier molecular flexibility index (Phi) is 7.64. The summed E-state index contributed by atoms with van der Waals surface area (Å²) in [6, 6.07) is 3.75. The molecule has 0 radical (unpaired) electrons. The van der Waals surface area contributed by atoms with E-state index in [1.165, 1.54) is 6.33 Å². The number of aromatic nitrogens is 2. The van der Waals surface area contributed by atoms with Gasteiger partial charge >= 0.3 is 0 Å². The Morgan fingerprint density at radius 3 is 2.68 bits per heavy atom. The van der Waals surface area contributed by atoms with Crippen LogP contribution in [0.5, 0.6) is 17.4 Å². The first-order valence-corrected chi connectivity index (χ1v) is 9.60. The van der Waals surface area contributed by atoms with Gasteiger partial charge in [0.1, 0.15) is 35.9 Å². The maximum absolute atomic E-state index is 6.27. The monoisotopic (exact) mass is 391 g/mol. The van der Waals surface area contributed by atoms with Crippen molar-refractivity contribution in [3.05, 3.63) is 18.5 Å². The van der Waals surface area contributed by atoms with Crippen LogP contribution in [0.15, 0.2) is 18.5 Å². The van der Waals surface area contributed by atoms with Gasteiger partial charge in [0.05, 0.1) is 39.1 Å². The highest BCUT2D eigenvalue weighted by molar-refractivity contribution is 5.90. The Balaban J connectivity index is 1.72. The molecule has 0 bridgehead atoms. The highest BCUT2D eigenvalue weighted by Crippen LogP contribution is 2.36. The quantitative estimate of drug-likeness (QED) is 0.571. The third-order valence-electron chi connectivity index (χ3n) is 4.48. The van der Waals surface area contributed by atoms with Crippen LogP contribution in [-0.2, 0) is 9.47 Å². The maximum Gasteiger partial charge on any atom is 0.228 e. The van der Waals surface area contributed by atoms with Crippen molar-refractivity contribution >= 4 is 10.9 Å². The molecule has 0 unspecified atom stereocenters. The topological polar surface area (TPSA) is 75.2 Å². The highest BCUT2D eigenvalue weighted by Gasteiger charge is 2.20. The summed E-state index contributed by atoms with van der Waals surface area (Å²) >= 11 is 0. The van der Waals surface area contributed by atoms with E-state index in [0.29, 0.717) is 50.4 Å². The molecular formula is C20H29N3O5. The Morgan fingerprint density at radius 2 is 1.93 bits per heavy atom. The van der Waals surface area contributed by atoms with Crippen LogP contribution in [0, 0.1) is 0 Å². The van der Waals surface area contributed by atoms with Gasteiger partial charge in [-0.2, -0.15) is 0 Å². The number of ether oxygens (including phenoxy) is 5. The van der Waals surface area contributed by atoms with Crippen molar-refractivity contribution < 1.29 is 23.7 Å². The minimum absolute atomic E-state index is 0.0893. The van der Waals surface area contributed by atoms with Crippen molar-refractivity contribution in [3.63, 3.8) is 0 Å². The predicted molar refractivity (Wildman–Crippen MR) is 105 cm³/mol. The van der Waals surface area contributed by atoms with Gasteiger partial charge in [-0.1, -0.05) is 0 Å². The normalized spacial score (nSPS) is 15.1. The van der Waals surface area contributed by atoms with E-state index in [9.17, 15) is 0 Å². The molecule has 0 saturated carbocycles. The number of hydrogen-bond acceptors (Lipinski definition) is 8. The molecule has 1 saturated heterocycles. The number of nitrogens with zero attached hydrogens (tertiary/aromatic N) is 3. The number of fused-ring (bicyclic) bond motifs is 1. The average molecular weight is 391 g/mol. The summed E-state index contributed by atoms with van der Waals surface area (Å²) in [5.41, 5.74) is 0.722. The second-order valence-electron chi connectivity index (χ2n) is 6.89. The molecule has 2 heterocycles. The molecule has 1 aromatic heterocycles. The van der Waals surface area contributed by atoms with Gasteiger partial charge in [-0.15, -0.1) is 0 Å². The molecule has 1 aromatic carbocycles. The fraction of sp³-hybridized carbons (Fsp3) is 0.600. The molecule has 2 aromatic rings. The molecule has 8 heteroatoms. The van der Waals surface area contributed by atoms with E-state index >= 15 is 0 Å². The zero-order valence-electron chi connectivity index (χ0n) is 16.8. The van der Waals surface area contributed by atoms with Crippen LogP contribution >= 0.6 is 0 Å². The molecule has 0 spiro atoms. The summed E-state index contributed by atoms with van der Waals surface area (Å²) in [5.74, 6) is 1.85. The standard InChI is InChI=1S/C20H29N3O5/c1-23(2)6-9-26-10-11-27-16-12-17-19(20(24-3)22-14-21-17)18(13-16)28-15-4-7-25-8-5-15/h12-15H,4-11H2,1-3H3. The van der Waals surface area contributed by atoms with Crippen LogP contribution in [0.1, 0.15) is 12.8 Å². The van der Waals surface area contributed by atoms with E-state index in [0.717, 1.165) is 30.3 Å². The summed E-state index contributed by atoms with van der Waals surface area (Å²) in [6.07, 6.45) is 3.27. The van der Waals surface area contributed by atoms with Crippen molar-refractivity contribution in [3.8, 4) is 17.4 Å². The lowest BCUT2D eigenvalue weighted by atomic mass is 10.1. The first-order chi connectivity index (χ1) is 13.7. The van der Waals surface area contributed by atoms with Gasteiger partial charge < -0.3 is 28.6 Å². The van der Waals surface area contributed by atoms with Gasteiger partial charge in [0.25, 0.3) is 0 Å². The Morgan fingerprint density at radius 1 is 1.11 bits per heavy atom. The Bertz CT molecular complexity index is 750. The largest absolute Gasteiger partial charge is 0.491 e. The first kappa shape index (κ1) is 20.6. The minimum atomic E-state index is 0.0893. The molecule has 1 aliphatic rings. The van der Waals surface area contributed by atoms with E-state index in [4.69, 9.17) is 23.7 Å². The van der Waals surface area contributed by atoms with E-state index in [-0.39, 0.29) is 6.10 Å². The van der Waals surface area contributed by atoms with E-state index < -0.39 is 0 Å². The molecule has 28 heavy (non-hydrogen) atoms. The Hall–Kier alpha value is -2.16. The van der Waals surface area contributed by atoms with Gasteiger partial charge in [-0.05, 0) is 14.1 Å². The number of hydrogen-bond donors (Lipinski definition) is 0. The van der Waals surface area contributed by atoms with E-state index in [1.54, 1.807) is 7.11 Å². The summed E-state index contributed by atoms with van der Waals surface area (Å²) < 4.78 is 28.6. The first-order valence-electron chi connectivity index (χ1n) is 9.60. The summed E-state index contributed by atoms with van der Waals surface area (Å²) in [5, 5.41) is 0.756. The molecule has 8 nitrogen and oxygen atoms in total. The number of rotatable bonds is 10. The summed E-state index contributed by atoms with van der Waals surface area (Å²) in [7, 11) is 5.63. The van der Waals surface area contributed by atoms with Crippen molar-refractivity contribution in [2.75, 3.05) is 60.8 Å². The van der Waals surface area contributed by atoms with E-state index in [2.05, 4.69) is 14.9 Å². The van der Waals surface area contributed by atoms with Gasteiger partial charge in [-0.3, -0.25) is 0 Å². The van der Waals surface area contributed by atoms with Gasteiger partial charge in [-0.25, -0.2) is 9.97 Å². The molecule has 0 N–H and O–H groups in total. The summed E-state index contributed by atoms with van der Waals surface area (Å²) in [4.78, 5) is 10.7. The second-order valence-corrected chi connectivity index (χ2v) is 6.89. The second kappa shape index (κ2) is 10.4. The van der Waals surface area contributed by atoms with Gasteiger partial charge in [0, 0.05) is 31.5 Å². The molecule has 0 atom stereocenters. The van der Waals surface area contributed by atoms with Crippen LogP contribution in [0.4, 0.5) is 0 Å². The highest BCUT2D eigenvalue weighted by atomic mass is 16.5. The smallest absolute Gasteiger partial charge is 0.228 e. The fourth-order valence-electron chi connectivity index (χ4n) is 2.97. The summed E-state index contributed by atoms with van der Waals surface area (Å²) in [6.45, 7) is 3.95. The minimum Gasteiger partial charge on any atom is -0.491 e. The maximum atomic E-state index is 6.27. The van der Waals surface area contributed by atoms with Crippen molar-refractivity contribution in [1.29, 1.82) is 0 Å². The van der Waals surface area contributed by atoms with Crippen molar-refractivity contribution in [1.82, 2.24) is 14.9 Å². The lowest BCUT2D eigenvalue weighted by molar-refractivity contribution is 0.0260. The van der Waals surface area contributed by atoms with Crippen LogP contribution in [0.2, 0.25) is 0 Å². The van der Waals surface area contributed by atoms with Crippen LogP contribution in [0.3, 0.4) is 0 Å². The molecule has 0 aliphatic carbocycles. The lowest BCUT2D eigenvalue weighted by Gasteiger charge is -2.24. The predicted octanol–water partition coefficient (Wildman–Crippen LogP) is 2.15.